The van der Waals surface area contributed by atoms with E-state index in [0.717, 1.165) is 22.9 Å². The van der Waals surface area contributed by atoms with E-state index >= 15 is 0 Å². The third-order valence-corrected chi connectivity index (χ3v) is 5.45. The minimum Gasteiger partial charge on any atom is -0.361 e. The van der Waals surface area contributed by atoms with Crippen molar-refractivity contribution in [2.24, 2.45) is 0 Å². The molecule has 0 unspecified atom stereocenters. The molecule has 0 spiro atoms. The van der Waals surface area contributed by atoms with Crippen LogP contribution in [0.3, 0.4) is 0 Å². The van der Waals surface area contributed by atoms with Crippen LogP contribution in [0.5, 0.6) is 0 Å². The minimum absolute atomic E-state index is 0.0119. The van der Waals surface area contributed by atoms with E-state index in [9.17, 15) is 9.59 Å². The molecule has 0 atom stereocenters. The van der Waals surface area contributed by atoms with E-state index in [1.54, 1.807) is 12.1 Å². The number of benzene rings is 2. The maximum absolute atomic E-state index is 12.5. The van der Waals surface area contributed by atoms with Crippen molar-refractivity contribution in [2.45, 2.75) is 19.3 Å². The van der Waals surface area contributed by atoms with E-state index in [2.05, 4.69) is 11.1 Å². The Balaban J connectivity index is 1.38. The van der Waals surface area contributed by atoms with E-state index in [4.69, 9.17) is 11.6 Å². The zero-order valence-electron chi connectivity index (χ0n) is 15.5. The first kappa shape index (κ1) is 18.5. The Hall–Kier alpha value is -2.85. The number of aromatic nitrogens is 1. The minimum atomic E-state index is 0.0119. The predicted octanol–water partition coefficient (Wildman–Crippen LogP) is 5.10. The summed E-state index contributed by atoms with van der Waals surface area (Å²) in [6.45, 7) is 1.23. The van der Waals surface area contributed by atoms with Crippen LogP contribution in [0, 0.1) is 0 Å². The number of halogens is 1. The van der Waals surface area contributed by atoms with Gasteiger partial charge in [-0.15, -0.1) is 0 Å². The molecule has 1 aliphatic rings. The Labute approximate surface area is 168 Å². The fourth-order valence-corrected chi connectivity index (χ4v) is 3.82. The van der Waals surface area contributed by atoms with Gasteiger partial charge >= 0.3 is 0 Å². The van der Waals surface area contributed by atoms with Gasteiger partial charge in [0.05, 0.1) is 0 Å². The molecular weight excluding hydrogens is 372 g/mol. The number of nitrogens with one attached hydrogen (secondary N) is 1. The number of rotatable bonds is 5. The van der Waals surface area contributed by atoms with Crippen molar-refractivity contribution in [3.63, 3.8) is 0 Å². The van der Waals surface area contributed by atoms with Gasteiger partial charge in [-0.25, -0.2) is 0 Å². The maximum atomic E-state index is 12.5. The lowest BCUT2D eigenvalue weighted by Crippen LogP contribution is -2.34. The van der Waals surface area contributed by atoms with Gasteiger partial charge in [-0.05, 0) is 30.2 Å². The molecule has 0 saturated carbocycles. The fraction of sp³-hybridized carbons (Fsp3) is 0.217. The number of nitrogens with zero attached hydrogens (tertiary/aromatic N) is 1. The first-order valence-corrected chi connectivity index (χ1v) is 9.81. The van der Waals surface area contributed by atoms with Gasteiger partial charge in [0.2, 0.25) is 5.91 Å². The smallest absolute Gasteiger partial charge is 0.223 e. The summed E-state index contributed by atoms with van der Waals surface area (Å²) in [4.78, 5) is 29.8. The quantitative estimate of drug-likeness (QED) is 0.614. The van der Waals surface area contributed by atoms with Crippen molar-refractivity contribution in [2.75, 3.05) is 13.1 Å². The molecule has 1 amide bonds. The molecule has 2 aromatic carbocycles. The predicted molar refractivity (Wildman–Crippen MR) is 112 cm³/mol. The fourth-order valence-electron chi connectivity index (χ4n) is 3.65. The second-order valence-corrected chi connectivity index (χ2v) is 7.44. The van der Waals surface area contributed by atoms with Crippen LogP contribution in [0.1, 0.15) is 35.2 Å². The van der Waals surface area contributed by atoms with Crippen LogP contribution in [0.2, 0.25) is 5.02 Å². The van der Waals surface area contributed by atoms with Crippen molar-refractivity contribution in [3.05, 3.63) is 77.0 Å². The monoisotopic (exact) mass is 392 g/mol. The van der Waals surface area contributed by atoms with E-state index in [0.29, 0.717) is 23.7 Å². The Kier molecular flexibility index (Phi) is 5.31. The standard InChI is InChI=1S/C23H21ClN2O2/c24-18-6-7-21-19(14-18)20(15-25-21)16-10-12-26(13-11-16)23(28)9-8-22(27)17-4-2-1-3-5-17/h1-7,10,14-15,25H,8-9,11-13H2. The molecule has 0 radical (unpaired) electrons. The highest BCUT2D eigenvalue weighted by Gasteiger charge is 2.20. The first-order chi connectivity index (χ1) is 13.6. The molecule has 0 saturated heterocycles. The average Bonchev–Trinajstić information content (AvgIpc) is 3.15. The van der Waals surface area contributed by atoms with Crippen molar-refractivity contribution in [3.8, 4) is 0 Å². The third kappa shape index (κ3) is 3.87. The lowest BCUT2D eigenvalue weighted by atomic mass is 9.98. The molecule has 2 heterocycles. The normalized spacial score (nSPS) is 14.2. The lowest BCUT2D eigenvalue weighted by Gasteiger charge is -2.26. The summed E-state index contributed by atoms with van der Waals surface area (Å²) in [6, 6.07) is 14.9. The largest absolute Gasteiger partial charge is 0.361 e. The molecule has 5 heteroatoms. The number of carbonyl (C=O) groups is 2. The molecule has 1 N–H and O–H groups in total. The average molecular weight is 393 g/mol. The van der Waals surface area contributed by atoms with Gasteiger partial charge in [0.25, 0.3) is 0 Å². The highest BCUT2D eigenvalue weighted by atomic mass is 35.5. The molecule has 1 aromatic heterocycles. The van der Waals surface area contributed by atoms with E-state index in [-0.39, 0.29) is 24.5 Å². The van der Waals surface area contributed by atoms with Gasteiger partial charge in [0.1, 0.15) is 0 Å². The van der Waals surface area contributed by atoms with Crippen LogP contribution in [0.4, 0.5) is 0 Å². The number of carbonyl (C=O) groups excluding carboxylic acids is 2. The van der Waals surface area contributed by atoms with Crippen LogP contribution in [0.25, 0.3) is 16.5 Å². The van der Waals surface area contributed by atoms with Crippen molar-refractivity contribution in [1.82, 2.24) is 9.88 Å². The number of hydrogen-bond acceptors (Lipinski definition) is 2. The second kappa shape index (κ2) is 8.03. The SMILES string of the molecule is O=C(CCC(=O)N1CC=C(c2c[nH]c3ccc(Cl)cc23)CC1)c1ccccc1. The maximum Gasteiger partial charge on any atom is 0.223 e. The summed E-state index contributed by atoms with van der Waals surface area (Å²) in [6.07, 6.45) is 5.39. The van der Waals surface area contributed by atoms with Crippen molar-refractivity contribution in [1.29, 1.82) is 0 Å². The summed E-state index contributed by atoms with van der Waals surface area (Å²) in [5, 5.41) is 1.82. The molecular formula is C23H21ClN2O2. The summed E-state index contributed by atoms with van der Waals surface area (Å²) < 4.78 is 0. The van der Waals surface area contributed by atoms with E-state index in [1.807, 2.05) is 47.5 Å². The lowest BCUT2D eigenvalue weighted by molar-refractivity contribution is -0.130. The molecule has 142 valence electrons. The molecule has 0 aliphatic carbocycles. The van der Waals surface area contributed by atoms with Crippen LogP contribution in [-0.2, 0) is 4.79 Å². The number of amides is 1. The van der Waals surface area contributed by atoms with Crippen LogP contribution >= 0.6 is 11.6 Å². The van der Waals surface area contributed by atoms with Gasteiger partial charge in [-0.2, -0.15) is 0 Å². The highest BCUT2D eigenvalue weighted by Crippen LogP contribution is 2.31. The van der Waals surface area contributed by atoms with Crippen LogP contribution < -0.4 is 0 Å². The Morgan fingerprint density at radius 2 is 1.89 bits per heavy atom. The van der Waals surface area contributed by atoms with E-state index in [1.165, 1.54) is 5.57 Å². The number of ketones is 1. The summed E-state index contributed by atoms with van der Waals surface area (Å²) in [5.41, 5.74) is 4.08. The van der Waals surface area contributed by atoms with Crippen LogP contribution in [0.15, 0.2) is 60.8 Å². The summed E-state index contributed by atoms with van der Waals surface area (Å²) >= 11 is 6.14. The van der Waals surface area contributed by atoms with Gasteiger partial charge in [0, 0.05) is 59.2 Å². The van der Waals surface area contributed by atoms with E-state index < -0.39 is 0 Å². The van der Waals surface area contributed by atoms with Crippen molar-refractivity contribution >= 4 is 39.8 Å². The van der Waals surface area contributed by atoms with Crippen molar-refractivity contribution < 1.29 is 9.59 Å². The molecule has 4 nitrogen and oxygen atoms in total. The topological polar surface area (TPSA) is 53.2 Å². The van der Waals surface area contributed by atoms with Gasteiger partial charge in [0.15, 0.2) is 5.78 Å². The van der Waals surface area contributed by atoms with Crippen LogP contribution in [-0.4, -0.2) is 34.7 Å². The zero-order valence-corrected chi connectivity index (χ0v) is 16.2. The number of Topliss-reactive ketones (excluding diaryl/α,β-unsaturated/α-hetero) is 1. The molecule has 3 aromatic rings. The Bertz CT molecular complexity index is 1050. The second-order valence-electron chi connectivity index (χ2n) is 7.00. The summed E-state index contributed by atoms with van der Waals surface area (Å²) in [5.74, 6) is 0.0411. The van der Waals surface area contributed by atoms with Gasteiger partial charge in [-0.1, -0.05) is 48.0 Å². The third-order valence-electron chi connectivity index (χ3n) is 5.21. The Morgan fingerprint density at radius 3 is 2.64 bits per heavy atom. The number of aromatic amines is 1. The molecule has 1 aliphatic heterocycles. The number of H-pyrrole nitrogens is 1. The zero-order chi connectivity index (χ0) is 19.5. The molecule has 28 heavy (non-hydrogen) atoms. The van der Waals surface area contributed by atoms with Gasteiger partial charge < -0.3 is 9.88 Å². The number of hydrogen-bond donors (Lipinski definition) is 1. The molecule has 4 rings (SSSR count). The molecule has 0 bridgehead atoms. The van der Waals surface area contributed by atoms with Gasteiger partial charge in [-0.3, -0.25) is 9.59 Å². The first-order valence-electron chi connectivity index (χ1n) is 9.44. The summed E-state index contributed by atoms with van der Waals surface area (Å²) in [7, 11) is 0. The number of fused-ring (bicyclic) bond motifs is 1. The Morgan fingerprint density at radius 1 is 1.07 bits per heavy atom. The highest BCUT2D eigenvalue weighted by molar-refractivity contribution is 6.31. The molecule has 0 fully saturated rings.